The fourth-order valence-electron chi connectivity index (χ4n) is 2.48. The topological polar surface area (TPSA) is 50.1 Å². The zero-order valence-corrected chi connectivity index (χ0v) is 11.4. The highest BCUT2D eigenvalue weighted by Crippen LogP contribution is 2.26. The van der Waals surface area contributed by atoms with Crippen molar-refractivity contribution in [2.45, 2.75) is 33.4 Å². The maximum absolute atomic E-state index is 5.56. The van der Waals surface area contributed by atoms with Crippen molar-refractivity contribution in [1.82, 2.24) is 10.3 Å². The van der Waals surface area contributed by atoms with Gasteiger partial charge in [-0.15, -0.1) is 0 Å². The number of fused-ring (bicyclic) bond motifs is 1. The van der Waals surface area contributed by atoms with Crippen molar-refractivity contribution in [3.05, 3.63) is 46.7 Å². The largest absolute Gasteiger partial charge is 0.444 e. The molecule has 0 aliphatic carbocycles. The van der Waals surface area contributed by atoms with E-state index in [4.69, 9.17) is 4.42 Å². The van der Waals surface area contributed by atoms with E-state index in [1.54, 1.807) is 0 Å². The second-order valence-corrected chi connectivity index (χ2v) is 4.98. The smallest absolute Gasteiger partial charge is 0.208 e. The molecule has 2 aromatic rings. The summed E-state index contributed by atoms with van der Waals surface area (Å²) in [5, 5.41) is 6.84. The molecule has 0 atom stereocenters. The van der Waals surface area contributed by atoms with Gasteiger partial charge in [-0.1, -0.05) is 18.2 Å². The Labute approximate surface area is 113 Å². The van der Waals surface area contributed by atoms with Crippen LogP contribution in [0.25, 0.3) is 0 Å². The van der Waals surface area contributed by atoms with E-state index in [2.05, 4.69) is 33.8 Å². The van der Waals surface area contributed by atoms with Crippen LogP contribution in [0.1, 0.15) is 28.5 Å². The molecule has 0 spiro atoms. The van der Waals surface area contributed by atoms with Crippen LogP contribution in [-0.2, 0) is 19.5 Å². The summed E-state index contributed by atoms with van der Waals surface area (Å²) in [6.07, 6.45) is 1.13. The molecule has 19 heavy (non-hydrogen) atoms. The number of anilines is 1. The maximum Gasteiger partial charge on any atom is 0.208 e. The lowest BCUT2D eigenvalue weighted by Crippen LogP contribution is -2.14. The van der Waals surface area contributed by atoms with Gasteiger partial charge in [-0.05, 0) is 31.4 Å². The van der Waals surface area contributed by atoms with Crippen LogP contribution in [-0.4, -0.2) is 11.5 Å². The molecule has 2 heterocycles. The molecule has 1 aromatic carbocycles. The van der Waals surface area contributed by atoms with Crippen LogP contribution < -0.4 is 10.6 Å². The van der Waals surface area contributed by atoms with Crippen molar-refractivity contribution in [2.75, 3.05) is 11.9 Å². The summed E-state index contributed by atoms with van der Waals surface area (Å²) in [4.78, 5) is 4.37. The molecule has 100 valence electrons. The van der Waals surface area contributed by atoms with E-state index in [1.165, 1.54) is 16.8 Å². The molecule has 4 nitrogen and oxygen atoms in total. The Bertz CT molecular complexity index is 570. The fraction of sp³-hybridized carbons (Fsp3) is 0.400. The zero-order chi connectivity index (χ0) is 13.2. The number of para-hydroxylation sites is 1. The van der Waals surface area contributed by atoms with Gasteiger partial charge in [0.05, 0.1) is 12.2 Å². The number of benzene rings is 1. The summed E-state index contributed by atoms with van der Waals surface area (Å²) in [5.74, 6) is 1.66. The Morgan fingerprint density at radius 2 is 2.21 bits per heavy atom. The minimum Gasteiger partial charge on any atom is -0.444 e. The number of rotatable bonds is 4. The van der Waals surface area contributed by atoms with Gasteiger partial charge in [-0.3, -0.25) is 0 Å². The third kappa shape index (κ3) is 2.49. The number of oxazole rings is 1. The first-order valence-electron chi connectivity index (χ1n) is 6.72. The van der Waals surface area contributed by atoms with Crippen LogP contribution in [0, 0.1) is 13.8 Å². The van der Waals surface area contributed by atoms with E-state index < -0.39 is 0 Å². The van der Waals surface area contributed by atoms with Crippen LogP contribution in [0.3, 0.4) is 0 Å². The first kappa shape index (κ1) is 12.2. The highest BCUT2D eigenvalue weighted by Gasteiger charge is 2.13. The van der Waals surface area contributed by atoms with Crippen molar-refractivity contribution < 1.29 is 4.42 Å². The normalized spacial score (nSPS) is 13.4. The quantitative estimate of drug-likeness (QED) is 0.883. The Morgan fingerprint density at radius 3 is 3.00 bits per heavy atom. The van der Waals surface area contributed by atoms with Crippen molar-refractivity contribution in [2.24, 2.45) is 0 Å². The Kier molecular flexibility index (Phi) is 3.25. The highest BCUT2D eigenvalue weighted by molar-refractivity contribution is 5.61. The van der Waals surface area contributed by atoms with E-state index in [0.717, 1.165) is 36.9 Å². The molecular weight excluding hydrogens is 238 g/mol. The summed E-state index contributed by atoms with van der Waals surface area (Å²) in [6.45, 7) is 6.45. The lowest BCUT2D eigenvalue weighted by molar-refractivity contribution is 0.449. The first-order valence-corrected chi connectivity index (χ1v) is 6.72. The monoisotopic (exact) mass is 257 g/mol. The van der Waals surface area contributed by atoms with Crippen LogP contribution in [0.15, 0.2) is 22.6 Å². The third-order valence-electron chi connectivity index (χ3n) is 3.60. The molecule has 1 aliphatic rings. The Hall–Kier alpha value is -1.81. The summed E-state index contributed by atoms with van der Waals surface area (Å²) < 4.78 is 5.56. The highest BCUT2D eigenvalue weighted by atomic mass is 16.4. The lowest BCUT2D eigenvalue weighted by atomic mass is 10.1. The van der Waals surface area contributed by atoms with E-state index in [1.807, 2.05) is 13.8 Å². The SMILES string of the molecule is Cc1nc(CNCc2cccc3c2NCC3)oc1C. The Morgan fingerprint density at radius 1 is 1.32 bits per heavy atom. The van der Waals surface area contributed by atoms with Crippen LogP contribution in [0.5, 0.6) is 0 Å². The lowest BCUT2D eigenvalue weighted by Gasteiger charge is -2.09. The summed E-state index contributed by atoms with van der Waals surface area (Å²) >= 11 is 0. The average Bonchev–Trinajstić information content (AvgIpc) is 2.98. The van der Waals surface area contributed by atoms with E-state index in [9.17, 15) is 0 Å². The van der Waals surface area contributed by atoms with Crippen LogP contribution in [0.2, 0.25) is 0 Å². The van der Waals surface area contributed by atoms with Crippen LogP contribution >= 0.6 is 0 Å². The number of hydrogen-bond acceptors (Lipinski definition) is 4. The first-order chi connectivity index (χ1) is 9.24. The molecule has 0 bridgehead atoms. The van der Waals surface area contributed by atoms with Gasteiger partial charge in [-0.25, -0.2) is 4.98 Å². The molecule has 0 fully saturated rings. The fourth-order valence-corrected chi connectivity index (χ4v) is 2.48. The van der Waals surface area contributed by atoms with E-state index >= 15 is 0 Å². The predicted octanol–water partition coefficient (Wildman–Crippen LogP) is 2.55. The molecule has 1 aliphatic heterocycles. The third-order valence-corrected chi connectivity index (χ3v) is 3.60. The molecule has 0 radical (unpaired) electrons. The van der Waals surface area contributed by atoms with Crippen molar-refractivity contribution in [3.8, 4) is 0 Å². The van der Waals surface area contributed by atoms with Gasteiger partial charge >= 0.3 is 0 Å². The second-order valence-electron chi connectivity index (χ2n) is 4.98. The molecule has 3 rings (SSSR count). The standard InChI is InChI=1S/C15H19N3O/c1-10-11(2)19-14(18-10)9-16-8-13-5-3-4-12-6-7-17-15(12)13/h3-5,16-17H,6-9H2,1-2H3. The van der Waals surface area contributed by atoms with E-state index in [-0.39, 0.29) is 0 Å². The number of aryl methyl sites for hydroxylation is 2. The number of aromatic nitrogens is 1. The molecular formula is C15H19N3O. The van der Waals surface area contributed by atoms with Gasteiger partial charge < -0.3 is 15.1 Å². The zero-order valence-electron chi connectivity index (χ0n) is 11.4. The van der Waals surface area contributed by atoms with E-state index in [0.29, 0.717) is 6.54 Å². The summed E-state index contributed by atoms with van der Waals surface area (Å²) in [5.41, 5.74) is 5.01. The number of hydrogen-bond donors (Lipinski definition) is 2. The maximum atomic E-state index is 5.56. The number of nitrogens with zero attached hydrogens (tertiary/aromatic N) is 1. The van der Waals surface area contributed by atoms with Gasteiger partial charge in [0.2, 0.25) is 5.89 Å². The van der Waals surface area contributed by atoms with Crippen molar-refractivity contribution in [3.63, 3.8) is 0 Å². The second kappa shape index (κ2) is 5.05. The molecule has 4 heteroatoms. The minimum absolute atomic E-state index is 0.665. The average molecular weight is 257 g/mol. The molecule has 0 saturated carbocycles. The van der Waals surface area contributed by atoms with Gasteiger partial charge in [-0.2, -0.15) is 0 Å². The van der Waals surface area contributed by atoms with Crippen LogP contribution in [0.4, 0.5) is 5.69 Å². The Balaban J connectivity index is 1.62. The molecule has 2 N–H and O–H groups in total. The van der Waals surface area contributed by atoms with Gasteiger partial charge in [0.1, 0.15) is 5.76 Å². The molecule has 1 aromatic heterocycles. The summed E-state index contributed by atoms with van der Waals surface area (Å²) in [7, 11) is 0. The van der Waals surface area contributed by atoms with Gasteiger partial charge in [0, 0.05) is 18.8 Å². The number of nitrogens with one attached hydrogen (secondary N) is 2. The molecule has 0 unspecified atom stereocenters. The van der Waals surface area contributed by atoms with Gasteiger partial charge in [0.25, 0.3) is 0 Å². The summed E-state index contributed by atoms with van der Waals surface area (Å²) in [6, 6.07) is 6.48. The molecule has 0 saturated heterocycles. The van der Waals surface area contributed by atoms with Crippen molar-refractivity contribution in [1.29, 1.82) is 0 Å². The van der Waals surface area contributed by atoms with Gasteiger partial charge in [0.15, 0.2) is 0 Å². The minimum atomic E-state index is 0.665. The predicted molar refractivity (Wildman–Crippen MR) is 75.2 cm³/mol. The molecule has 0 amide bonds. The van der Waals surface area contributed by atoms with Crippen molar-refractivity contribution >= 4 is 5.69 Å².